The zero-order chi connectivity index (χ0) is 12.6. The highest BCUT2D eigenvalue weighted by Gasteiger charge is 2.19. The van der Waals surface area contributed by atoms with Crippen LogP contribution in [0.15, 0.2) is 40.0 Å². The highest BCUT2D eigenvalue weighted by Crippen LogP contribution is 2.20. The molecule has 90 valence electrons. The summed E-state index contributed by atoms with van der Waals surface area (Å²) >= 11 is 3.18. The summed E-state index contributed by atoms with van der Waals surface area (Å²) in [5, 5.41) is 3.81. The van der Waals surface area contributed by atoms with Crippen molar-refractivity contribution in [2.45, 2.75) is 18.7 Å². The maximum Gasteiger partial charge on any atom is 0.283 e. The molecule has 0 saturated carbocycles. The minimum absolute atomic E-state index is 0.277. The van der Waals surface area contributed by atoms with Gasteiger partial charge in [-0.15, -0.1) is 0 Å². The highest BCUT2D eigenvalue weighted by molar-refractivity contribution is 9.10. The zero-order valence-electron chi connectivity index (χ0n) is 9.38. The van der Waals surface area contributed by atoms with Crippen molar-refractivity contribution in [3.8, 4) is 0 Å². The number of aryl methyl sites for hydroxylation is 2. The fourth-order valence-electron chi connectivity index (χ4n) is 1.61. The number of aromatic nitrogens is 2. The van der Waals surface area contributed by atoms with Crippen molar-refractivity contribution in [1.82, 2.24) is 9.19 Å². The molecule has 0 bridgehead atoms. The van der Waals surface area contributed by atoms with Crippen molar-refractivity contribution in [3.05, 3.63) is 46.2 Å². The van der Waals surface area contributed by atoms with Gasteiger partial charge in [-0.25, -0.2) is 0 Å². The molecule has 6 heteroatoms. The monoisotopic (exact) mass is 314 g/mol. The lowest BCUT2D eigenvalue weighted by molar-refractivity contribution is 0.579. The normalized spacial score (nSPS) is 11.7. The molecule has 1 heterocycles. The maximum atomic E-state index is 12.3. The largest absolute Gasteiger partial charge is 0.283 e. The minimum Gasteiger partial charge on any atom is -0.199 e. The Hall–Kier alpha value is -1.14. The van der Waals surface area contributed by atoms with Crippen molar-refractivity contribution >= 4 is 26.0 Å². The molecule has 1 aromatic heterocycles. The van der Waals surface area contributed by atoms with E-state index in [0.29, 0.717) is 4.47 Å². The molecule has 0 spiro atoms. The van der Waals surface area contributed by atoms with Crippen LogP contribution in [0, 0.1) is 13.8 Å². The molecule has 17 heavy (non-hydrogen) atoms. The average Bonchev–Trinajstić information content (AvgIpc) is 2.64. The molecule has 0 aliphatic heterocycles. The van der Waals surface area contributed by atoms with E-state index in [-0.39, 0.29) is 4.90 Å². The van der Waals surface area contributed by atoms with Crippen LogP contribution >= 0.6 is 15.9 Å². The zero-order valence-corrected chi connectivity index (χ0v) is 11.8. The maximum absolute atomic E-state index is 12.3. The van der Waals surface area contributed by atoms with Crippen LogP contribution < -0.4 is 0 Å². The Kier molecular flexibility index (Phi) is 3.09. The number of rotatable bonds is 2. The van der Waals surface area contributed by atoms with E-state index >= 15 is 0 Å². The Morgan fingerprint density at radius 3 is 2.53 bits per heavy atom. The summed E-state index contributed by atoms with van der Waals surface area (Å²) in [5.74, 6) is 0. The molecule has 0 amide bonds. The molecule has 0 atom stereocenters. The summed E-state index contributed by atoms with van der Waals surface area (Å²) in [6.45, 7) is 3.70. The topological polar surface area (TPSA) is 52.0 Å². The number of halogens is 1. The third-order valence-electron chi connectivity index (χ3n) is 2.38. The van der Waals surface area contributed by atoms with Gasteiger partial charge in [0.15, 0.2) is 0 Å². The quantitative estimate of drug-likeness (QED) is 0.855. The second-order valence-electron chi connectivity index (χ2n) is 3.81. The van der Waals surface area contributed by atoms with Gasteiger partial charge in [-0.2, -0.15) is 17.6 Å². The van der Waals surface area contributed by atoms with E-state index < -0.39 is 10.0 Å². The van der Waals surface area contributed by atoms with Crippen molar-refractivity contribution < 1.29 is 8.42 Å². The van der Waals surface area contributed by atoms with E-state index in [2.05, 4.69) is 21.0 Å². The van der Waals surface area contributed by atoms with Gasteiger partial charge in [-0.1, -0.05) is 17.7 Å². The molecule has 0 N–H and O–H groups in total. The summed E-state index contributed by atoms with van der Waals surface area (Å²) in [4.78, 5) is 0.277. The molecule has 0 aliphatic carbocycles. The first kappa shape index (κ1) is 12.3. The van der Waals surface area contributed by atoms with Gasteiger partial charge in [0, 0.05) is 0 Å². The molecule has 2 rings (SSSR count). The van der Waals surface area contributed by atoms with E-state index in [1.54, 1.807) is 19.1 Å². The second kappa shape index (κ2) is 4.27. The number of benzene rings is 1. The van der Waals surface area contributed by atoms with E-state index in [1.165, 1.54) is 12.4 Å². The first-order chi connectivity index (χ1) is 7.91. The summed E-state index contributed by atoms with van der Waals surface area (Å²) in [5.41, 5.74) is 1.75. The third kappa shape index (κ3) is 2.28. The molecule has 0 saturated heterocycles. The molecular formula is C11H11BrN2O2S. The molecule has 0 unspecified atom stereocenters. The van der Waals surface area contributed by atoms with Gasteiger partial charge in [0.2, 0.25) is 0 Å². The lowest BCUT2D eigenvalue weighted by Gasteiger charge is -2.07. The molecule has 4 nitrogen and oxygen atoms in total. The van der Waals surface area contributed by atoms with Crippen LogP contribution in [-0.2, 0) is 10.0 Å². The van der Waals surface area contributed by atoms with E-state index in [9.17, 15) is 8.42 Å². The Bertz CT molecular complexity index is 662. The van der Waals surface area contributed by atoms with Gasteiger partial charge in [0.1, 0.15) is 0 Å². The standard InChI is InChI=1S/C11H11BrN2O2S/c1-8-3-4-11(9(2)5-8)17(15,16)14-7-10(12)6-13-14/h3-7H,1-2H3. The first-order valence-corrected chi connectivity index (χ1v) is 7.17. The summed E-state index contributed by atoms with van der Waals surface area (Å²) < 4.78 is 26.1. The summed E-state index contributed by atoms with van der Waals surface area (Å²) in [6, 6.07) is 5.22. The lowest BCUT2D eigenvalue weighted by atomic mass is 10.2. The SMILES string of the molecule is Cc1ccc(S(=O)(=O)n2cc(Br)cn2)c(C)c1. The summed E-state index contributed by atoms with van der Waals surface area (Å²) in [6.07, 6.45) is 2.87. The Balaban J connectivity index is 2.60. The lowest BCUT2D eigenvalue weighted by Crippen LogP contribution is -2.14. The fourth-order valence-corrected chi connectivity index (χ4v) is 3.36. The van der Waals surface area contributed by atoms with Crippen molar-refractivity contribution in [2.75, 3.05) is 0 Å². The first-order valence-electron chi connectivity index (χ1n) is 4.94. The minimum atomic E-state index is -3.59. The Morgan fingerprint density at radius 1 is 1.29 bits per heavy atom. The van der Waals surface area contributed by atoms with Crippen LogP contribution in [0.5, 0.6) is 0 Å². The predicted octanol–water partition coefficient (Wildman–Crippen LogP) is 2.50. The predicted molar refractivity (Wildman–Crippen MR) is 68.4 cm³/mol. The average molecular weight is 315 g/mol. The Morgan fingerprint density at radius 2 is 2.00 bits per heavy atom. The van der Waals surface area contributed by atoms with Crippen LogP contribution in [-0.4, -0.2) is 17.6 Å². The van der Waals surface area contributed by atoms with Gasteiger partial charge in [-0.05, 0) is 41.4 Å². The Labute approximate surface area is 108 Å². The van der Waals surface area contributed by atoms with Crippen molar-refractivity contribution in [3.63, 3.8) is 0 Å². The number of hydrogen-bond donors (Lipinski definition) is 0. The van der Waals surface area contributed by atoms with Gasteiger partial charge < -0.3 is 0 Å². The van der Waals surface area contributed by atoms with Gasteiger partial charge in [0.05, 0.1) is 21.8 Å². The van der Waals surface area contributed by atoms with Crippen molar-refractivity contribution in [1.29, 1.82) is 0 Å². The van der Waals surface area contributed by atoms with Crippen LogP contribution in [0.1, 0.15) is 11.1 Å². The van der Waals surface area contributed by atoms with Gasteiger partial charge >= 0.3 is 0 Å². The molecule has 2 aromatic rings. The van der Waals surface area contributed by atoms with E-state index in [4.69, 9.17) is 0 Å². The van der Waals surface area contributed by atoms with Crippen LogP contribution in [0.2, 0.25) is 0 Å². The van der Waals surface area contributed by atoms with Gasteiger partial charge in [0.25, 0.3) is 10.0 Å². The van der Waals surface area contributed by atoms with Crippen LogP contribution in [0.3, 0.4) is 0 Å². The van der Waals surface area contributed by atoms with Crippen molar-refractivity contribution in [2.24, 2.45) is 0 Å². The van der Waals surface area contributed by atoms with E-state index in [1.807, 2.05) is 13.0 Å². The van der Waals surface area contributed by atoms with E-state index in [0.717, 1.165) is 15.2 Å². The number of nitrogens with zero attached hydrogens (tertiary/aromatic N) is 2. The van der Waals surface area contributed by atoms with Crippen LogP contribution in [0.25, 0.3) is 0 Å². The smallest absolute Gasteiger partial charge is 0.199 e. The summed E-state index contributed by atoms with van der Waals surface area (Å²) in [7, 11) is -3.59. The second-order valence-corrected chi connectivity index (χ2v) is 6.48. The third-order valence-corrected chi connectivity index (χ3v) is 4.50. The molecule has 0 radical (unpaired) electrons. The fraction of sp³-hybridized carbons (Fsp3) is 0.182. The number of hydrogen-bond acceptors (Lipinski definition) is 3. The highest BCUT2D eigenvalue weighted by atomic mass is 79.9. The molecule has 1 aromatic carbocycles. The van der Waals surface area contributed by atoms with Crippen LogP contribution in [0.4, 0.5) is 0 Å². The molecule has 0 aliphatic rings. The van der Waals surface area contributed by atoms with Gasteiger partial charge in [-0.3, -0.25) is 0 Å². The molecule has 0 fully saturated rings. The molecular weight excluding hydrogens is 304 g/mol.